The molecule has 1 fully saturated rings. The lowest BCUT2D eigenvalue weighted by molar-refractivity contribution is -0.138. The molecular formula is C21H26N2O4S. The number of benzene rings is 1. The van der Waals surface area contributed by atoms with Crippen LogP contribution in [0.15, 0.2) is 35.2 Å². The summed E-state index contributed by atoms with van der Waals surface area (Å²) in [7, 11) is 0. The molecular weight excluding hydrogens is 376 g/mol. The van der Waals surface area contributed by atoms with E-state index in [0.717, 1.165) is 42.7 Å². The molecule has 3 rings (SSSR count). The van der Waals surface area contributed by atoms with Gasteiger partial charge in [0.2, 0.25) is 0 Å². The van der Waals surface area contributed by atoms with Crippen molar-refractivity contribution >= 4 is 23.0 Å². The number of rotatable bonds is 10. The SMILES string of the molecule is N=C(C1CCCCC1)C(OCCC(=O)O)c1ccc(OCc2cscn2)cc1. The Morgan fingerprint density at radius 2 is 2.00 bits per heavy atom. The molecule has 1 aliphatic carbocycles. The number of hydrogen-bond acceptors (Lipinski definition) is 6. The molecule has 0 amide bonds. The smallest absolute Gasteiger partial charge is 0.305 e. The quantitative estimate of drug-likeness (QED) is 0.554. The summed E-state index contributed by atoms with van der Waals surface area (Å²) in [5.74, 6) is 0.0446. The fourth-order valence-corrected chi connectivity index (χ4v) is 4.01. The molecule has 1 unspecified atom stereocenters. The van der Waals surface area contributed by atoms with Gasteiger partial charge in [-0.25, -0.2) is 4.98 Å². The Morgan fingerprint density at radius 1 is 1.25 bits per heavy atom. The lowest BCUT2D eigenvalue weighted by atomic mass is 9.82. The number of nitrogens with zero attached hydrogens (tertiary/aromatic N) is 1. The molecule has 0 radical (unpaired) electrons. The van der Waals surface area contributed by atoms with Crippen LogP contribution < -0.4 is 4.74 Å². The molecule has 150 valence electrons. The maximum atomic E-state index is 10.8. The summed E-state index contributed by atoms with van der Waals surface area (Å²) < 4.78 is 11.6. The second-order valence-electron chi connectivity index (χ2n) is 7.02. The van der Waals surface area contributed by atoms with Crippen LogP contribution in [0.25, 0.3) is 0 Å². The highest BCUT2D eigenvalue weighted by molar-refractivity contribution is 7.07. The molecule has 2 aromatic rings. The molecule has 0 spiro atoms. The topological polar surface area (TPSA) is 92.5 Å². The van der Waals surface area contributed by atoms with Gasteiger partial charge < -0.3 is 20.0 Å². The number of hydrogen-bond donors (Lipinski definition) is 2. The van der Waals surface area contributed by atoms with E-state index in [0.29, 0.717) is 12.3 Å². The number of thiazole rings is 1. The first kappa shape index (κ1) is 20.5. The Kier molecular flexibility index (Phi) is 7.56. The molecule has 2 N–H and O–H groups in total. The van der Waals surface area contributed by atoms with Gasteiger partial charge in [-0.2, -0.15) is 0 Å². The predicted molar refractivity (Wildman–Crippen MR) is 108 cm³/mol. The van der Waals surface area contributed by atoms with Gasteiger partial charge in [-0.3, -0.25) is 4.79 Å². The van der Waals surface area contributed by atoms with Crippen molar-refractivity contribution in [2.75, 3.05) is 6.61 Å². The van der Waals surface area contributed by atoms with Gasteiger partial charge in [0.15, 0.2) is 0 Å². The molecule has 0 bridgehead atoms. The fraction of sp³-hybridized carbons (Fsp3) is 0.476. The van der Waals surface area contributed by atoms with Crippen LogP contribution in [0.5, 0.6) is 5.75 Å². The monoisotopic (exact) mass is 402 g/mol. The molecule has 7 heteroatoms. The van der Waals surface area contributed by atoms with E-state index >= 15 is 0 Å². The Morgan fingerprint density at radius 3 is 2.64 bits per heavy atom. The summed E-state index contributed by atoms with van der Waals surface area (Å²) in [6, 6.07) is 7.53. The van der Waals surface area contributed by atoms with E-state index in [1.165, 1.54) is 17.8 Å². The van der Waals surface area contributed by atoms with Gasteiger partial charge in [0.1, 0.15) is 18.5 Å². The van der Waals surface area contributed by atoms with Crippen molar-refractivity contribution in [3.63, 3.8) is 0 Å². The summed E-state index contributed by atoms with van der Waals surface area (Å²) in [6.07, 6.45) is 4.94. The normalized spacial score (nSPS) is 15.9. The molecule has 0 aliphatic heterocycles. The Bertz CT molecular complexity index is 755. The Labute approximate surface area is 169 Å². The van der Waals surface area contributed by atoms with Gasteiger partial charge in [0.25, 0.3) is 0 Å². The van der Waals surface area contributed by atoms with Crippen molar-refractivity contribution in [1.29, 1.82) is 5.41 Å². The summed E-state index contributed by atoms with van der Waals surface area (Å²) in [5, 5.41) is 19.5. The first-order chi connectivity index (χ1) is 13.6. The number of carbonyl (C=O) groups is 1. The number of nitrogens with one attached hydrogen (secondary N) is 1. The molecule has 1 heterocycles. The van der Waals surface area contributed by atoms with E-state index in [2.05, 4.69) is 4.98 Å². The van der Waals surface area contributed by atoms with Crippen LogP contribution in [0.1, 0.15) is 55.9 Å². The summed E-state index contributed by atoms with van der Waals surface area (Å²) in [4.78, 5) is 15.0. The van der Waals surface area contributed by atoms with Gasteiger partial charge in [-0.05, 0) is 36.5 Å². The maximum Gasteiger partial charge on any atom is 0.305 e. The molecule has 28 heavy (non-hydrogen) atoms. The third-order valence-electron chi connectivity index (χ3n) is 4.98. The first-order valence-electron chi connectivity index (χ1n) is 9.65. The molecule has 1 aliphatic rings. The molecule has 1 saturated carbocycles. The average Bonchev–Trinajstić information content (AvgIpc) is 3.24. The summed E-state index contributed by atoms with van der Waals surface area (Å²) >= 11 is 1.53. The Balaban J connectivity index is 1.66. The molecule has 6 nitrogen and oxygen atoms in total. The fourth-order valence-electron chi connectivity index (χ4n) is 3.46. The molecule has 1 aromatic heterocycles. The lowest BCUT2D eigenvalue weighted by Gasteiger charge is -2.28. The first-order valence-corrected chi connectivity index (χ1v) is 10.6. The average molecular weight is 403 g/mol. The highest BCUT2D eigenvalue weighted by Crippen LogP contribution is 2.32. The Hall–Kier alpha value is -2.25. The van der Waals surface area contributed by atoms with E-state index in [1.807, 2.05) is 29.6 Å². The number of aliphatic carboxylic acids is 1. The zero-order valence-electron chi connectivity index (χ0n) is 15.8. The van der Waals surface area contributed by atoms with Crippen LogP contribution in [0.3, 0.4) is 0 Å². The summed E-state index contributed by atoms with van der Waals surface area (Å²) in [6.45, 7) is 0.510. The third kappa shape index (κ3) is 5.87. The second-order valence-corrected chi connectivity index (χ2v) is 7.74. The van der Waals surface area contributed by atoms with Gasteiger partial charge in [-0.15, -0.1) is 11.3 Å². The lowest BCUT2D eigenvalue weighted by Crippen LogP contribution is -2.26. The number of ether oxygens (including phenoxy) is 2. The van der Waals surface area contributed by atoms with Gasteiger partial charge >= 0.3 is 5.97 Å². The highest BCUT2D eigenvalue weighted by atomic mass is 32.1. The van der Waals surface area contributed by atoms with Crippen LogP contribution in [0.4, 0.5) is 0 Å². The largest absolute Gasteiger partial charge is 0.487 e. The van der Waals surface area contributed by atoms with Gasteiger partial charge in [-0.1, -0.05) is 31.4 Å². The van der Waals surface area contributed by atoms with Crippen LogP contribution in [-0.4, -0.2) is 28.4 Å². The molecule has 1 aromatic carbocycles. The highest BCUT2D eigenvalue weighted by Gasteiger charge is 2.27. The second kappa shape index (κ2) is 10.3. The van der Waals surface area contributed by atoms with Crippen molar-refractivity contribution in [3.05, 3.63) is 46.4 Å². The van der Waals surface area contributed by atoms with Crippen molar-refractivity contribution in [2.45, 2.75) is 51.2 Å². The molecule has 0 saturated heterocycles. The van der Waals surface area contributed by atoms with E-state index < -0.39 is 12.1 Å². The van der Waals surface area contributed by atoms with E-state index in [9.17, 15) is 4.79 Å². The minimum Gasteiger partial charge on any atom is -0.487 e. The number of carboxylic acid groups (broad SMARTS) is 1. The number of aromatic nitrogens is 1. The van der Waals surface area contributed by atoms with E-state index in [1.54, 1.807) is 5.51 Å². The van der Waals surface area contributed by atoms with Crippen molar-refractivity contribution in [3.8, 4) is 5.75 Å². The van der Waals surface area contributed by atoms with Crippen LogP contribution in [-0.2, 0) is 16.1 Å². The maximum absolute atomic E-state index is 10.8. The van der Waals surface area contributed by atoms with Crippen molar-refractivity contribution < 1.29 is 19.4 Å². The minimum atomic E-state index is -0.895. The minimum absolute atomic E-state index is 0.0662. The summed E-state index contributed by atoms with van der Waals surface area (Å²) in [5.41, 5.74) is 4.09. The van der Waals surface area contributed by atoms with Crippen molar-refractivity contribution in [2.24, 2.45) is 5.92 Å². The zero-order chi connectivity index (χ0) is 19.8. The molecule has 1 atom stereocenters. The van der Waals surface area contributed by atoms with Gasteiger partial charge in [0.05, 0.1) is 24.2 Å². The van der Waals surface area contributed by atoms with Crippen LogP contribution in [0, 0.1) is 11.3 Å². The standard InChI is InChI=1S/C21H26N2O4S/c22-20(15-4-2-1-3-5-15)21(26-11-10-19(24)25)16-6-8-18(9-7-16)27-12-17-13-28-14-23-17/h6-9,13-15,21-22H,1-5,10-12H2,(H,24,25). The third-order valence-corrected chi connectivity index (χ3v) is 5.62. The number of carboxylic acids is 1. The predicted octanol–water partition coefficient (Wildman–Crippen LogP) is 4.85. The van der Waals surface area contributed by atoms with Crippen molar-refractivity contribution in [1.82, 2.24) is 4.98 Å². The van der Waals surface area contributed by atoms with Crippen LogP contribution in [0.2, 0.25) is 0 Å². The van der Waals surface area contributed by atoms with E-state index in [-0.39, 0.29) is 18.9 Å². The van der Waals surface area contributed by atoms with E-state index in [4.69, 9.17) is 20.0 Å². The van der Waals surface area contributed by atoms with Gasteiger partial charge in [0, 0.05) is 11.1 Å². The zero-order valence-corrected chi connectivity index (χ0v) is 16.6. The van der Waals surface area contributed by atoms with Crippen LogP contribution >= 0.6 is 11.3 Å².